The van der Waals surface area contributed by atoms with Gasteiger partial charge in [-0.15, -0.1) is 0 Å². The van der Waals surface area contributed by atoms with Crippen LogP contribution in [0.5, 0.6) is 0 Å². The molecule has 3 aromatic rings. The van der Waals surface area contributed by atoms with Crippen molar-refractivity contribution < 1.29 is 22.6 Å². The summed E-state index contributed by atoms with van der Waals surface area (Å²) in [6, 6.07) is 20.4. The van der Waals surface area contributed by atoms with E-state index in [1.54, 1.807) is 24.3 Å². The molecule has 0 atom stereocenters. The Balaban J connectivity index is 1.73. The number of hydrogen-bond donors (Lipinski definition) is 3. The maximum absolute atomic E-state index is 12.4. The molecule has 0 fully saturated rings. The Bertz CT molecular complexity index is 1110. The normalized spacial score (nSPS) is 10.9. The lowest BCUT2D eigenvalue weighted by molar-refractivity contribution is 0.101. The zero-order valence-electron chi connectivity index (χ0n) is 14.5. The van der Waals surface area contributed by atoms with Crippen molar-refractivity contribution in [3.05, 3.63) is 90.0 Å². The fourth-order valence-corrected chi connectivity index (χ4v) is 3.20. The van der Waals surface area contributed by atoms with Crippen LogP contribution in [-0.2, 0) is 10.1 Å². The molecular formula is C20H16N2O5S. The number of benzene rings is 3. The van der Waals surface area contributed by atoms with Crippen molar-refractivity contribution in [1.29, 1.82) is 0 Å². The number of nitrogens with one attached hydrogen (secondary N) is 2. The second-order valence-electron chi connectivity index (χ2n) is 5.82. The largest absolute Gasteiger partial charge is 0.322 e. The number of amides is 2. The molecule has 3 N–H and O–H groups in total. The maximum Gasteiger partial charge on any atom is 0.295 e. The summed E-state index contributed by atoms with van der Waals surface area (Å²) < 4.78 is 32.1. The number of carbonyl (C=O) groups is 2. The van der Waals surface area contributed by atoms with E-state index in [1.165, 1.54) is 42.5 Å². The average Bonchev–Trinajstić information content (AvgIpc) is 2.68. The minimum absolute atomic E-state index is 0.184. The summed E-state index contributed by atoms with van der Waals surface area (Å²) in [4.78, 5) is 24.1. The highest BCUT2D eigenvalue weighted by Gasteiger charge is 2.20. The zero-order valence-corrected chi connectivity index (χ0v) is 15.3. The average molecular weight is 396 g/mol. The van der Waals surface area contributed by atoms with Crippen molar-refractivity contribution in [2.75, 3.05) is 10.6 Å². The first-order chi connectivity index (χ1) is 13.3. The summed E-state index contributed by atoms with van der Waals surface area (Å²) in [5, 5.41) is 5.29. The van der Waals surface area contributed by atoms with E-state index >= 15 is 0 Å². The smallest absolute Gasteiger partial charge is 0.295 e. The molecule has 0 saturated heterocycles. The van der Waals surface area contributed by atoms with Crippen molar-refractivity contribution in [1.82, 2.24) is 0 Å². The van der Waals surface area contributed by atoms with Gasteiger partial charge in [-0.3, -0.25) is 14.1 Å². The lowest BCUT2D eigenvalue weighted by Gasteiger charge is -2.09. The molecule has 0 aliphatic rings. The third-order valence-corrected chi connectivity index (χ3v) is 4.76. The van der Waals surface area contributed by atoms with Gasteiger partial charge in [-0.2, -0.15) is 8.42 Å². The summed E-state index contributed by atoms with van der Waals surface area (Å²) in [6.07, 6.45) is 0. The molecule has 0 saturated carbocycles. The summed E-state index contributed by atoms with van der Waals surface area (Å²) in [5.74, 6) is -1.00. The van der Waals surface area contributed by atoms with Crippen LogP contribution in [0.4, 0.5) is 11.4 Å². The fourth-order valence-electron chi connectivity index (χ4n) is 2.51. The van der Waals surface area contributed by atoms with Gasteiger partial charge in [0, 0.05) is 16.9 Å². The number of carbonyl (C=O) groups excluding carboxylic acids is 2. The van der Waals surface area contributed by atoms with E-state index in [9.17, 15) is 22.6 Å². The molecule has 8 heteroatoms. The molecule has 3 aromatic carbocycles. The van der Waals surface area contributed by atoms with E-state index in [1.807, 2.05) is 6.07 Å². The Kier molecular flexibility index (Phi) is 5.53. The fraction of sp³-hybridized carbons (Fsp3) is 0. The summed E-state index contributed by atoms with van der Waals surface area (Å²) in [7, 11) is -4.53. The van der Waals surface area contributed by atoms with Crippen LogP contribution >= 0.6 is 0 Å². The zero-order chi connectivity index (χ0) is 20.1. The van der Waals surface area contributed by atoms with Gasteiger partial charge in [-0.25, -0.2) is 0 Å². The highest BCUT2D eigenvalue weighted by Crippen LogP contribution is 2.18. The Labute approximate surface area is 161 Å². The van der Waals surface area contributed by atoms with Gasteiger partial charge < -0.3 is 10.6 Å². The number of hydrogen-bond acceptors (Lipinski definition) is 4. The van der Waals surface area contributed by atoms with Crippen molar-refractivity contribution in [2.45, 2.75) is 4.90 Å². The topological polar surface area (TPSA) is 113 Å². The third-order valence-electron chi connectivity index (χ3n) is 3.85. The van der Waals surface area contributed by atoms with Gasteiger partial charge >= 0.3 is 0 Å². The third kappa shape index (κ3) is 4.61. The lowest BCUT2D eigenvalue weighted by Crippen LogP contribution is -2.16. The van der Waals surface area contributed by atoms with Crippen molar-refractivity contribution in [2.24, 2.45) is 0 Å². The summed E-state index contributed by atoms with van der Waals surface area (Å²) >= 11 is 0. The molecule has 0 aliphatic carbocycles. The Hall–Kier alpha value is -3.49. The summed E-state index contributed by atoms with van der Waals surface area (Å²) in [6.45, 7) is 0. The Morgan fingerprint density at radius 2 is 1.21 bits per heavy atom. The van der Waals surface area contributed by atoms with E-state index in [0.29, 0.717) is 16.9 Å². The lowest BCUT2D eigenvalue weighted by atomic mass is 10.1. The minimum atomic E-state index is -4.53. The molecule has 0 aromatic heterocycles. The summed E-state index contributed by atoms with van der Waals surface area (Å²) in [5.41, 5.74) is 1.23. The molecule has 142 valence electrons. The van der Waals surface area contributed by atoms with E-state index in [4.69, 9.17) is 0 Å². The second kappa shape index (κ2) is 8.03. The number of anilines is 2. The molecule has 0 spiro atoms. The first kappa shape index (κ1) is 19.3. The van der Waals surface area contributed by atoms with Crippen molar-refractivity contribution in [3.63, 3.8) is 0 Å². The van der Waals surface area contributed by atoms with Crippen LogP contribution in [0.3, 0.4) is 0 Å². The quantitative estimate of drug-likeness (QED) is 0.572. The van der Waals surface area contributed by atoms with Gasteiger partial charge in [0.2, 0.25) is 0 Å². The number of rotatable bonds is 5. The van der Waals surface area contributed by atoms with Gasteiger partial charge in [0.15, 0.2) is 0 Å². The van der Waals surface area contributed by atoms with E-state index in [0.717, 1.165) is 6.07 Å². The van der Waals surface area contributed by atoms with Crippen molar-refractivity contribution in [3.8, 4) is 0 Å². The minimum Gasteiger partial charge on any atom is -0.322 e. The molecule has 0 bridgehead atoms. The van der Waals surface area contributed by atoms with Crippen LogP contribution in [0.15, 0.2) is 83.8 Å². The van der Waals surface area contributed by atoms with Gasteiger partial charge in [-0.05, 0) is 48.5 Å². The second-order valence-corrected chi connectivity index (χ2v) is 7.21. The van der Waals surface area contributed by atoms with Gasteiger partial charge in [0.1, 0.15) is 4.90 Å². The molecule has 0 aliphatic heterocycles. The van der Waals surface area contributed by atoms with Gasteiger partial charge in [0.05, 0.1) is 5.56 Å². The molecule has 28 heavy (non-hydrogen) atoms. The first-order valence-corrected chi connectivity index (χ1v) is 9.63. The van der Waals surface area contributed by atoms with Crippen LogP contribution < -0.4 is 10.6 Å². The molecule has 0 radical (unpaired) electrons. The number of para-hydroxylation sites is 1. The van der Waals surface area contributed by atoms with Crippen LogP contribution in [0.1, 0.15) is 20.7 Å². The highest BCUT2D eigenvalue weighted by molar-refractivity contribution is 7.86. The van der Waals surface area contributed by atoms with Crippen molar-refractivity contribution >= 4 is 33.3 Å². The Morgan fingerprint density at radius 1 is 0.679 bits per heavy atom. The molecule has 2 amide bonds. The first-order valence-electron chi connectivity index (χ1n) is 8.19. The maximum atomic E-state index is 12.4. The van der Waals surface area contributed by atoms with Crippen LogP contribution in [0, 0.1) is 0 Å². The molecule has 0 unspecified atom stereocenters. The Morgan fingerprint density at radius 3 is 1.86 bits per heavy atom. The standard InChI is InChI=1S/C20H16N2O5S/c23-19(21-15-6-2-1-3-7-15)14-10-12-16(13-11-14)22-20(24)17-8-4-5-9-18(17)28(25,26)27/h1-13H,(H,21,23)(H,22,24)(H,25,26,27). The van der Waals surface area contributed by atoms with Crippen LogP contribution in [-0.4, -0.2) is 24.8 Å². The SMILES string of the molecule is O=C(Nc1ccccc1)c1ccc(NC(=O)c2ccccc2S(=O)(=O)O)cc1. The monoisotopic (exact) mass is 396 g/mol. The van der Waals surface area contributed by atoms with E-state index < -0.39 is 20.9 Å². The predicted molar refractivity (Wildman–Crippen MR) is 105 cm³/mol. The molecule has 7 nitrogen and oxygen atoms in total. The highest BCUT2D eigenvalue weighted by atomic mass is 32.2. The van der Waals surface area contributed by atoms with Gasteiger partial charge in [-0.1, -0.05) is 30.3 Å². The van der Waals surface area contributed by atoms with E-state index in [-0.39, 0.29) is 11.5 Å². The van der Waals surface area contributed by atoms with E-state index in [2.05, 4.69) is 10.6 Å². The van der Waals surface area contributed by atoms with Crippen LogP contribution in [0.25, 0.3) is 0 Å². The van der Waals surface area contributed by atoms with Gasteiger partial charge in [0.25, 0.3) is 21.9 Å². The molecule has 0 heterocycles. The molecular weight excluding hydrogens is 380 g/mol. The molecule has 3 rings (SSSR count). The van der Waals surface area contributed by atoms with Crippen LogP contribution in [0.2, 0.25) is 0 Å². The predicted octanol–water partition coefficient (Wildman–Crippen LogP) is 3.44.